The Balaban J connectivity index is 1.92. The topological polar surface area (TPSA) is 142 Å². The number of aromatic nitrogens is 4. The van der Waals surface area contributed by atoms with E-state index in [0.29, 0.717) is 24.1 Å². The van der Waals surface area contributed by atoms with Crippen LogP contribution in [0, 0.1) is 11.8 Å². The van der Waals surface area contributed by atoms with Gasteiger partial charge >= 0.3 is 5.97 Å². The number of aliphatic hydroxyl groups is 1. The second-order valence-electron chi connectivity index (χ2n) is 6.11. The van der Waals surface area contributed by atoms with E-state index in [0.717, 1.165) is 0 Å². The van der Waals surface area contributed by atoms with Gasteiger partial charge in [0, 0.05) is 19.1 Å². The fourth-order valence-corrected chi connectivity index (χ4v) is 2.22. The summed E-state index contributed by atoms with van der Waals surface area (Å²) in [6.07, 6.45) is 3.69. The SMILES string of the molecule is CC(C)[C@H](N)C(=O)OCC[C@@H](CO)Cn1cnc2cnc(N)nc21. The number of hydrogen-bond donors (Lipinski definition) is 3. The van der Waals surface area contributed by atoms with Gasteiger partial charge in [-0.05, 0) is 12.3 Å². The van der Waals surface area contributed by atoms with Gasteiger partial charge in [-0.2, -0.15) is 4.98 Å². The molecule has 0 amide bonds. The van der Waals surface area contributed by atoms with Crippen molar-refractivity contribution in [2.24, 2.45) is 17.6 Å². The maximum absolute atomic E-state index is 11.7. The van der Waals surface area contributed by atoms with Gasteiger partial charge in [0.1, 0.15) is 11.6 Å². The summed E-state index contributed by atoms with van der Waals surface area (Å²) in [5.74, 6) is -0.341. The standard InChI is InChI=1S/C15H24N6O3/c1-9(2)12(16)14(23)24-4-3-10(7-22)6-21-8-19-11-5-18-15(17)20-13(11)21/h5,8-10,12,22H,3-4,6-7,16H2,1-2H3,(H2,17,18,20)/t10-,12+/m1/s1. The molecule has 0 spiro atoms. The summed E-state index contributed by atoms with van der Waals surface area (Å²) in [6.45, 7) is 4.36. The number of imidazole rings is 1. The highest BCUT2D eigenvalue weighted by molar-refractivity contribution is 5.75. The summed E-state index contributed by atoms with van der Waals surface area (Å²) in [5, 5.41) is 9.56. The fraction of sp³-hybridized carbons (Fsp3) is 0.600. The molecule has 132 valence electrons. The first kappa shape index (κ1) is 18.1. The van der Waals surface area contributed by atoms with Crippen molar-refractivity contribution in [2.75, 3.05) is 18.9 Å². The van der Waals surface area contributed by atoms with Gasteiger partial charge in [-0.15, -0.1) is 0 Å². The van der Waals surface area contributed by atoms with Gasteiger partial charge < -0.3 is 25.9 Å². The zero-order chi connectivity index (χ0) is 17.7. The third-order valence-corrected chi connectivity index (χ3v) is 3.85. The molecule has 0 saturated heterocycles. The number of aliphatic hydroxyl groups excluding tert-OH is 1. The number of carbonyl (C=O) groups is 1. The van der Waals surface area contributed by atoms with E-state index in [1.54, 1.807) is 17.1 Å². The quantitative estimate of drug-likeness (QED) is 0.569. The molecular formula is C15H24N6O3. The number of anilines is 1. The minimum absolute atomic E-state index is 0.0218. The second kappa shape index (κ2) is 8.02. The predicted octanol–water partition coefficient (Wildman–Crippen LogP) is -0.0664. The monoisotopic (exact) mass is 336 g/mol. The summed E-state index contributed by atoms with van der Waals surface area (Å²) >= 11 is 0. The number of carbonyl (C=O) groups excluding carboxylic acids is 1. The molecule has 0 unspecified atom stereocenters. The van der Waals surface area contributed by atoms with Crippen LogP contribution in [-0.4, -0.2) is 49.9 Å². The molecule has 0 aliphatic rings. The molecule has 0 saturated carbocycles. The third kappa shape index (κ3) is 4.39. The number of fused-ring (bicyclic) bond motifs is 1. The van der Waals surface area contributed by atoms with Gasteiger partial charge in [0.25, 0.3) is 0 Å². The maximum Gasteiger partial charge on any atom is 0.323 e. The van der Waals surface area contributed by atoms with E-state index in [2.05, 4.69) is 15.0 Å². The lowest BCUT2D eigenvalue weighted by molar-refractivity contribution is -0.146. The molecule has 5 N–H and O–H groups in total. The number of rotatable bonds is 8. The predicted molar refractivity (Wildman–Crippen MR) is 88.7 cm³/mol. The molecular weight excluding hydrogens is 312 g/mol. The number of hydrogen-bond acceptors (Lipinski definition) is 8. The van der Waals surface area contributed by atoms with Crippen LogP contribution >= 0.6 is 0 Å². The summed E-state index contributed by atoms with van der Waals surface area (Å²) in [7, 11) is 0. The average Bonchev–Trinajstić information content (AvgIpc) is 2.94. The van der Waals surface area contributed by atoms with E-state index < -0.39 is 12.0 Å². The van der Waals surface area contributed by atoms with Gasteiger partial charge in [0.05, 0.1) is 19.1 Å². The van der Waals surface area contributed by atoms with Crippen molar-refractivity contribution in [1.82, 2.24) is 19.5 Å². The van der Waals surface area contributed by atoms with Crippen LogP contribution in [0.1, 0.15) is 20.3 Å². The number of nitrogens with two attached hydrogens (primary N) is 2. The van der Waals surface area contributed by atoms with Gasteiger partial charge in [0.2, 0.25) is 5.95 Å². The zero-order valence-corrected chi connectivity index (χ0v) is 13.9. The summed E-state index contributed by atoms with van der Waals surface area (Å²) in [4.78, 5) is 24.0. The van der Waals surface area contributed by atoms with Crippen molar-refractivity contribution in [3.8, 4) is 0 Å². The molecule has 0 bridgehead atoms. The Morgan fingerprint density at radius 3 is 2.83 bits per heavy atom. The lowest BCUT2D eigenvalue weighted by Gasteiger charge is -2.17. The van der Waals surface area contributed by atoms with E-state index in [4.69, 9.17) is 16.2 Å². The highest BCUT2D eigenvalue weighted by atomic mass is 16.5. The number of esters is 1. The lowest BCUT2D eigenvalue weighted by atomic mass is 10.1. The van der Waals surface area contributed by atoms with Crippen molar-refractivity contribution in [3.63, 3.8) is 0 Å². The Labute approximate surface area is 140 Å². The number of nitrogens with zero attached hydrogens (tertiary/aromatic N) is 4. The Hall–Kier alpha value is -2.26. The maximum atomic E-state index is 11.7. The number of ether oxygens (including phenoxy) is 1. The van der Waals surface area contributed by atoms with Crippen LogP contribution < -0.4 is 11.5 Å². The summed E-state index contributed by atoms with van der Waals surface area (Å²) < 4.78 is 6.98. The molecule has 0 aliphatic heterocycles. The number of nitrogen functional groups attached to an aromatic ring is 1. The first-order chi connectivity index (χ1) is 11.4. The Bertz CT molecular complexity index is 687. The van der Waals surface area contributed by atoms with Crippen LogP contribution in [0.4, 0.5) is 5.95 Å². The van der Waals surface area contributed by atoms with Gasteiger partial charge in [-0.1, -0.05) is 13.8 Å². The Kier molecular flexibility index (Phi) is 6.04. The fourth-order valence-electron chi connectivity index (χ4n) is 2.22. The van der Waals surface area contributed by atoms with Gasteiger partial charge in [0.15, 0.2) is 5.65 Å². The molecule has 0 aromatic carbocycles. The summed E-state index contributed by atoms with van der Waals surface area (Å²) in [5.41, 5.74) is 12.6. The normalized spacial score (nSPS) is 14.0. The van der Waals surface area contributed by atoms with E-state index in [9.17, 15) is 9.90 Å². The van der Waals surface area contributed by atoms with Crippen molar-refractivity contribution in [1.29, 1.82) is 0 Å². The lowest BCUT2D eigenvalue weighted by Crippen LogP contribution is -2.37. The highest BCUT2D eigenvalue weighted by Crippen LogP contribution is 2.14. The zero-order valence-electron chi connectivity index (χ0n) is 13.9. The largest absolute Gasteiger partial charge is 0.465 e. The Morgan fingerprint density at radius 1 is 1.42 bits per heavy atom. The van der Waals surface area contributed by atoms with E-state index in [1.165, 1.54) is 0 Å². The van der Waals surface area contributed by atoms with Crippen LogP contribution in [0.5, 0.6) is 0 Å². The molecule has 9 nitrogen and oxygen atoms in total. The molecule has 9 heteroatoms. The van der Waals surface area contributed by atoms with Gasteiger partial charge in [-0.3, -0.25) is 4.79 Å². The van der Waals surface area contributed by atoms with Crippen molar-refractivity contribution in [2.45, 2.75) is 32.9 Å². The smallest absolute Gasteiger partial charge is 0.323 e. The summed E-state index contributed by atoms with van der Waals surface area (Å²) in [6, 6.07) is -0.630. The molecule has 2 atom stereocenters. The average molecular weight is 336 g/mol. The minimum Gasteiger partial charge on any atom is -0.465 e. The van der Waals surface area contributed by atoms with Crippen LogP contribution in [-0.2, 0) is 16.1 Å². The van der Waals surface area contributed by atoms with E-state index in [-0.39, 0.29) is 31.0 Å². The molecule has 24 heavy (non-hydrogen) atoms. The molecule has 0 fully saturated rings. The van der Waals surface area contributed by atoms with Gasteiger partial charge in [-0.25, -0.2) is 9.97 Å². The molecule has 2 aromatic heterocycles. The molecule has 2 rings (SSSR count). The van der Waals surface area contributed by atoms with E-state index >= 15 is 0 Å². The first-order valence-electron chi connectivity index (χ1n) is 7.88. The molecule has 0 aliphatic carbocycles. The van der Waals surface area contributed by atoms with Crippen molar-refractivity contribution < 1.29 is 14.6 Å². The third-order valence-electron chi connectivity index (χ3n) is 3.85. The van der Waals surface area contributed by atoms with Crippen LogP contribution in [0.2, 0.25) is 0 Å². The Morgan fingerprint density at radius 2 is 2.17 bits per heavy atom. The van der Waals surface area contributed by atoms with E-state index in [1.807, 2.05) is 13.8 Å². The van der Waals surface area contributed by atoms with Crippen LogP contribution in [0.25, 0.3) is 11.2 Å². The molecule has 0 radical (unpaired) electrons. The highest BCUT2D eigenvalue weighted by Gasteiger charge is 2.19. The molecule has 2 heterocycles. The second-order valence-corrected chi connectivity index (χ2v) is 6.11. The van der Waals surface area contributed by atoms with Crippen molar-refractivity contribution in [3.05, 3.63) is 12.5 Å². The van der Waals surface area contributed by atoms with Crippen LogP contribution in [0.3, 0.4) is 0 Å². The van der Waals surface area contributed by atoms with Crippen molar-refractivity contribution >= 4 is 23.1 Å². The molecule has 2 aromatic rings. The first-order valence-corrected chi connectivity index (χ1v) is 7.88. The minimum atomic E-state index is -0.630. The van der Waals surface area contributed by atoms with Crippen LogP contribution in [0.15, 0.2) is 12.5 Å².